The Hall–Kier alpha value is -3.00. The van der Waals surface area contributed by atoms with Crippen LogP contribution in [0.15, 0.2) is 41.0 Å². The van der Waals surface area contributed by atoms with Crippen molar-refractivity contribution in [2.24, 2.45) is 5.92 Å². The standard InChI is InChI=1S/C20H22N2O6/c1-20(25,17-3-2-6-28-17)12-21-19(24)13-9-18(23)22(11-13)14-4-5-15-16(10-14)27-8-7-26-15/h2-6,10,13,25H,7-9,11-12H2,1H3,(H,21,24)/t13-,20-/m0/s1. The number of amides is 2. The van der Waals surface area contributed by atoms with E-state index in [1.807, 2.05) is 0 Å². The highest BCUT2D eigenvalue weighted by Crippen LogP contribution is 2.36. The average Bonchev–Trinajstić information content (AvgIpc) is 3.36. The van der Waals surface area contributed by atoms with E-state index in [9.17, 15) is 14.7 Å². The normalized spacial score (nSPS) is 20.7. The van der Waals surface area contributed by atoms with Gasteiger partial charge in [0.25, 0.3) is 0 Å². The maximum atomic E-state index is 12.5. The molecule has 0 bridgehead atoms. The number of anilines is 1. The topological polar surface area (TPSA) is 101 Å². The first kappa shape index (κ1) is 18.4. The van der Waals surface area contributed by atoms with E-state index in [2.05, 4.69) is 5.32 Å². The molecule has 148 valence electrons. The maximum Gasteiger partial charge on any atom is 0.227 e. The van der Waals surface area contributed by atoms with Gasteiger partial charge in [0.15, 0.2) is 11.5 Å². The van der Waals surface area contributed by atoms with E-state index in [0.717, 1.165) is 0 Å². The molecule has 0 aliphatic carbocycles. The fraction of sp³-hybridized carbons (Fsp3) is 0.400. The van der Waals surface area contributed by atoms with Crippen LogP contribution in [0.1, 0.15) is 19.1 Å². The summed E-state index contributed by atoms with van der Waals surface area (Å²) in [5.74, 6) is 0.714. The summed E-state index contributed by atoms with van der Waals surface area (Å²) in [6.07, 6.45) is 1.58. The van der Waals surface area contributed by atoms with Gasteiger partial charge in [0.1, 0.15) is 24.6 Å². The third-order valence-corrected chi connectivity index (χ3v) is 4.99. The van der Waals surface area contributed by atoms with Gasteiger partial charge in [-0.15, -0.1) is 0 Å². The molecule has 2 amide bonds. The third kappa shape index (κ3) is 3.55. The van der Waals surface area contributed by atoms with Crippen LogP contribution in [0.25, 0.3) is 0 Å². The number of furan rings is 1. The summed E-state index contributed by atoms with van der Waals surface area (Å²) in [6, 6.07) is 8.63. The van der Waals surface area contributed by atoms with Gasteiger partial charge in [0.2, 0.25) is 11.8 Å². The third-order valence-electron chi connectivity index (χ3n) is 4.99. The number of carbonyl (C=O) groups excluding carboxylic acids is 2. The van der Waals surface area contributed by atoms with Gasteiger partial charge in [0.05, 0.1) is 18.7 Å². The fourth-order valence-corrected chi connectivity index (χ4v) is 3.41. The first-order chi connectivity index (χ1) is 13.4. The number of fused-ring (bicyclic) bond motifs is 1. The van der Waals surface area contributed by atoms with Gasteiger partial charge in [-0.3, -0.25) is 9.59 Å². The van der Waals surface area contributed by atoms with E-state index in [0.29, 0.717) is 36.2 Å². The highest BCUT2D eigenvalue weighted by atomic mass is 16.6. The molecule has 2 N–H and O–H groups in total. The number of hydrogen-bond donors (Lipinski definition) is 2. The first-order valence-electron chi connectivity index (χ1n) is 9.18. The van der Waals surface area contributed by atoms with Crippen LogP contribution in [-0.4, -0.2) is 43.2 Å². The highest BCUT2D eigenvalue weighted by Gasteiger charge is 2.36. The van der Waals surface area contributed by atoms with Crippen LogP contribution in [0.5, 0.6) is 11.5 Å². The van der Waals surface area contributed by atoms with Crippen LogP contribution in [0.2, 0.25) is 0 Å². The molecule has 8 heteroatoms. The van der Waals surface area contributed by atoms with Crippen LogP contribution >= 0.6 is 0 Å². The zero-order chi connectivity index (χ0) is 19.7. The second-order valence-corrected chi connectivity index (χ2v) is 7.20. The lowest BCUT2D eigenvalue weighted by molar-refractivity contribution is -0.127. The van der Waals surface area contributed by atoms with Crippen LogP contribution in [-0.2, 0) is 15.2 Å². The van der Waals surface area contributed by atoms with E-state index in [1.165, 1.54) is 6.26 Å². The molecule has 2 aliphatic rings. The second-order valence-electron chi connectivity index (χ2n) is 7.20. The number of aliphatic hydroxyl groups is 1. The Labute approximate surface area is 162 Å². The predicted molar refractivity (Wildman–Crippen MR) is 99.2 cm³/mol. The second kappa shape index (κ2) is 7.20. The molecule has 3 heterocycles. The summed E-state index contributed by atoms with van der Waals surface area (Å²) in [7, 11) is 0. The summed E-state index contributed by atoms with van der Waals surface area (Å²) in [5, 5.41) is 13.2. The number of hydrogen-bond acceptors (Lipinski definition) is 6. The van der Waals surface area contributed by atoms with Crippen molar-refractivity contribution < 1.29 is 28.6 Å². The van der Waals surface area contributed by atoms with Gasteiger partial charge in [-0.1, -0.05) is 0 Å². The van der Waals surface area contributed by atoms with Crippen molar-refractivity contribution in [2.75, 3.05) is 31.2 Å². The lowest BCUT2D eigenvalue weighted by atomic mass is 10.0. The van der Waals surface area contributed by atoms with Gasteiger partial charge in [-0.05, 0) is 31.2 Å². The smallest absolute Gasteiger partial charge is 0.227 e. The monoisotopic (exact) mass is 386 g/mol. The molecule has 2 atom stereocenters. The number of ether oxygens (including phenoxy) is 2. The van der Waals surface area contributed by atoms with Crippen molar-refractivity contribution in [1.82, 2.24) is 5.32 Å². The molecule has 0 unspecified atom stereocenters. The van der Waals surface area contributed by atoms with Crippen molar-refractivity contribution in [1.29, 1.82) is 0 Å². The summed E-state index contributed by atoms with van der Waals surface area (Å²) in [6.45, 7) is 2.79. The number of benzene rings is 1. The molecule has 1 saturated heterocycles. The molecule has 1 aromatic heterocycles. The molecule has 4 rings (SSSR count). The molecular weight excluding hydrogens is 364 g/mol. The Morgan fingerprint density at radius 1 is 1.29 bits per heavy atom. The van der Waals surface area contributed by atoms with Crippen LogP contribution in [0.4, 0.5) is 5.69 Å². The maximum absolute atomic E-state index is 12.5. The minimum absolute atomic E-state index is 0.00589. The zero-order valence-corrected chi connectivity index (χ0v) is 15.5. The Bertz CT molecular complexity index is 877. The summed E-state index contributed by atoms with van der Waals surface area (Å²) >= 11 is 0. The van der Waals surface area contributed by atoms with Gasteiger partial charge < -0.3 is 29.2 Å². The Balaban J connectivity index is 1.39. The quantitative estimate of drug-likeness (QED) is 0.806. The number of nitrogens with zero attached hydrogens (tertiary/aromatic N) is 1. The minimum Gasteiger partial charge on any atom is -0.486 e. The predicted octanol–water partition coefficient (Wildman–Crippen LogP) is 1.43. The summed E-state index contributed by atoms with van der Waals surface area (Å²) < 4.78 is 16.3. The molecule has 0 radical (unpaired) electrons. The molecule has 2 aromatic rings. The molecule has 2 aliphatic heterocycles. The SMILES string of the molecule is C[C@](O)(CNC(=O)[C@H]1CC(=O)N(c2ccc3c(c2)OCCO3)C1)c1ccco1. The van der Waals surface area contributed by atoms with Crippen LogP contribution in [0, 0.1) is 5.92 Å². The van der Waals surface area contributed by atoms with E-state index in [4.69, 9.17) is 13.9 Å². The molecule has 0 saturated carbocycles. The molecular formula is C20H22N2O6. The van der Waals surface area contributed by atoms with E-state index < -0.39 is 11.5 Å². The van der Waals surface area contributed by atoms with Crippen molar-refractivity contribution in [3.63, 3.8) is 0 Å². The van der Waals surface area contributed by atoms with Gasteiger partial charge in [-0.2, -0.15) is 0 Å². The number of nitrogens with one attached hydrogen (secondary N) is 1. The van der Waals surface area contributed by atoms with Gasteiger partial charge >= 0.3 is 0 Å². The van der Waals surface area contributed by atoms with E-state index in [-0.39, 0.29) is 31.3 Å². The van der Waals surface area contributed by atoms with Crippen LogP contribution in [0.3, 0.4) is 0 Å². The fourth-order valence-electron chi connectivity index (χ4n) is 3.41. The lowest BCUT2D eigenvalue weighted by Gasteiger charge is -2.23. The lowest BCUT2D eigenvalue weighted by Crippen LogP contribution is -2.41. The Kier molecular flexibility index (Phi) is 4.72. The molecule has 0 spiro atoms. The summed E-state index contributed by atoms with van der Waals surface area (Å²) in [5.41, 5.74) is -0.649. The summed E-state index contributed by atoms with van der Waals surface area (Å²) in [4.78, 5) is 26.6. The Morgan fingerprint density at radius 3 is 2.82 bits per heavy atom. The molecule has 1 fully saturated rings. The van der Waals surface area contributed by atoms with E-state index in [1.54, 1.807) is 42.2 Å². The molecule has 1 aromatic carbocycles. The van der Waals surface area contributed by atoms with Crippen molar-refractivity contribution >= 4 is 17.5 Å². The van der Waals surface area contributed by atoms with E-state index >= 15 is 0 Å². The van der Waals surface area contributed by atoms with Crippen molar-refractivity contribution in [2.45, 2.75) is 18.9 Å². The van der Waals surface area contributed by atoms with Crippen molar-refractivity contribution in [3.05, 3.63) is 42.4 Å². The molecule has 28 heavy (non-hydrogen) atoms. The zero-order valence-electron chi connectivity index (χ0n) is 15.5. The minimum atomic E-state index is -1.32. The Morgan fingerprint density at radius 2 is 2.07 bits per heavy atom. The first-order valence-corrected chi connectivity index (χ1v) is 9.18. The van der Waals surface area contributed by atoms with Crippen molar-refractivity contribution in [3.8, 4) is 11.5 Å². The van der Waals surface area contributed by atoms with Gasteiger partial charge in [0, 0.05) is 24.7 Å². The highest BCUT2D eigenvalue weighted by molar-refractivity contribution is 6.00. The van der Waals surface area contributed by atoms with Gasteiger partial charge in [-0.25, -0.2) is 0 Å². The largest absolute Gasteiger partial charge is 0.486 e. The van der Waals surface area contributed by atoms with Crippen LogP contribution < -0.4 is 19.7 Å². The number of carbonyl (C=O) groups is 2. The number of rotatable bonds is 5. The average molecular weight is 386 g/mol. The molecule has 8 nitrogen and oxygen atoms in total.